The number of hydrogen-bond acceptors (Lipinski definition) is 4. The van der Waals surface area contributed by atoms with Gasteiger partial charge in [-0.3, -0.25) is 14.4 Å². The first-order chi connectivity index (χ1) is 16.0. The number of carbonyl (C=O) groups is 3. The van der Waals surface area contributed by atoms with Crippen molar-refractivity contribution in [3.05, 3.63) is 50.3 Å². The second-order valence-corrected chi connectivity index (χ2v) is 12.5. The Kier molecular flexibility index (Phi) is 7.20. The molecule has 0 saturated carbocycles. The molecule has 2 aliphatic rings. The minimum absolute atomic E-state index is 0.0563. The number of halogens is 1. The van der Waals surface area contributed by atoms with Gasteiger partial charge in [-0.15, -0.1) is 11.3 Å². The van der Waals surface area contributed by atoms with Crippen LogP contribution >= 0.6 is 27.3 Å². The highest BCUT2D eigenvalue weighted by molar-refractivity contribution is 9.10. The molecule has 3 amide bonds. The third kappa shape index (κ3) is 5.23. The van der Waals surface area contributed by atoms with Crippen LogP contribution < -0.4 is 11.1 Å². The third-order valence-corrected chi connectivity index (χ3v) is 8.87. The highest BCUT2D eigenvalue weighted by Crippen LogP contribution is 2.45. The van der Waals surface area contributed by atoms with Crippen LogP contribution in [0.2, 0.25) is 0 Å². The predicted molar refractivity (Wildman–Crippen MR) is 139 cm³/mol. The molecule has 0 spiro atoms. The van der Waals surface area contributed by atoms with Crippen molar-refractivity contribution in [3.63, 3.8) is 0 Å². The molecule has 1 aromatic carbocycles. The molecule has 1 saturated heterocycles. The Bertz CT molecular complexity index is 1110. The zero-order valence-corrected chi connectivity index (χ0v) is 22.4. The third-order valence-electron chi connectivity index (χ3n) is 7.20. The van der Waals surface area contributed by atoms with E-state index in [2.05, 4.69) is 42.0 Å². The Morgan fingerprint density at radius 1 is 1.15 bits per heavy atom. The second-order valence-electron chi connectivity index (χ2n) is 10.4. The molecular formula is C26H32BrN3O3S. The predicted octanol–water partition coefficient (Wildman–Crippen LogP) is 5.25. The highest BCUT2D eigenvalue weighted by Gasteiger charge is 2.36. The van der Waals surface area contributed by atoms with E-state index < -0.39 is 0 Å². The number of amides is 3. The number of thiophene rings is 1. The fourth-order valence-corrected chi connectivity index (χ4v) is 6.68. The van der Waals surface area contributed by atoms with Crippen molar-refractivity contribution in [2.75, 3.05) is 18.4 Å². The van der Waals surface area contributed by atoms with Gasteiger partial charge in [-0.05, 0) is 67.2 Å². The first kappa shape index (κ1) is 24.9. The second kappa shape index (κ2) is 9.82. The maximum Gasteiger partial charge on any atom is 0.257 e. The van der Waals surface area contributed by atoms with Gasteiger partial charge in [0.2, 0.25) is 5.91 Å². The molecule has 2 aromatic rings. The van der Waals surface area contributed by atoms with Crippen molar-refractivity contribution >= 4 is 50.0 Å². The number of piperidine rings is 1. The summed E-state index contributed by atoms with van der Waals surface area (Å²) < 4.78 is 0.826. The van der Waals surface area contributed by atoms with E-state index in [-0.39, 0.29) is 29.1 Å². The van der Waals surface area contributed by atoms with Crippen LogP contribution in [-0.4, -0.2) is 35.7 Å². The summed E-state index contributed by atoms with van der Waals surface area (Å²) in [6.07, 6.45) is 3.94. The summed E-state index contributed by atoms with van der Waals surface area (Å²) in [6.45, 7) is 7.80. The van der Waals surface area contributed by atoms with Crippen LogP contribution in [-0.2, 0) is 17.6 Å². The summed E-state index contributed by atoms with van der Waals surface area (Å²) in [4.78, 5) is 41.4. The Morgan fingerprint density at radius 3 is 2.47 bits per heavy atom. The Balaban J connectivity index is 1.65. The van der Waals surface area contributed by atoms with Gasteiger partial charge < -0.3 is 16.0 Å². The Morgan fingerprint density at radius 2 is 1.85 bits per heavy atom. The number of likely N-dealkylation sites (tertiary alicyclic amines) is 1. The van der Waals surface area contributed by atoms with Gasteiger partial charge in [0.05, 0.1) is 5.56 Å². The monoisotopic (exact) mass is 545 g/mol. The van der Waals surface area contributed by atoms with Gasteiger partial charge in [0.25, 0.3) is 11.8 Å². The maximum absolute atomic E-state index is 13.7. The number of carbonyl (C=O) groups excluding carboxylic acids is 3. The van der Waals surface area contributed by atoms with Crippen LogP contribution in [0.1, 0.15) is 71.2 Å². The normalized spacial score (nSPS) is 18.9. The van der Waals surface area contributed by atoms with E-state index in [1.807, 2.05) is 17.0 Å². The van der Waals surface area contributed by atoms with Gasteiger partial charge in [0, 0.05) is 33.9 Å². The minimum Gasteiger partial charge on any atom is -0.369 e. The summed E-state index contributed by atoms with van der Waals surface area (Å²) in [6, 6.07) is 7.23. The molecule has 6 nitrogen and oxygen atoms in total. The summed E-state index contributed by atoms with van der Waals surface area (Å²) in [5, 5.41) is 3.68. The van der Waals surface area contributed by atoms with E-state index >= 15 is 0 Å². The van der Waals surface area contributed by atoms with Gasteiger partial charge in [-0.25, -0.2) is 0 Å². The number of fused-ring (bicyclic) bond motifs is 1. The molecule has 4 rings (SSSR count). The largest absolute Gasteiger partial charge is 0.369 e. The molecule has 0 bridgehead atoms. The van der Waals surface area contributed by atoms with Crippen LogP contribution in [0.25, 0.3) is 0 Å². The van der Waals surface area contributed by atoms with E-state index in [9.17, 15) is 14.4 Å². The average molecular weight is 547 g/mol. The highest BCUT2D eigenvalue weighted by atomic mass is 79.9. The van der Waals surface area contributed by atoms with Gasteiger partial charge in [-0.1, -0.05) is 42.8 Å². The molecule has 8 heteroatoms. The molecule has 182 valence electrons. The van der Waals surface area contributed by atoms with Crippen molar-refractivity contribution in [2.45, 2.75) is 52.9 Å². The average Bonchev–Trinajstić information content (AvgIpc) is 3.15. The Hall–Kier alpha value is -2.19. The van der Waals surface area contributed by atoms with Crippen LogP contribution in [0.15, 0.2) is 28.7 Å². The summed E-state index contributed by atoms with van der Waals surface area (Å²) in [7, 11) is 0. The molecule has 1 fully saturated rings. The smallest absolute Gasteiger partial charge is 0.257 e. The number of benzene rings is 1. The lowest BCUT2D eigenvalue weighted by Crippen LogP contribution is -2.42. The van der Waals surface area contributed by atoms with Gasteiger partial charge in [0.15, 0.2) is 0 Å². The first-order valence-electron chi connectivity index (χ1n) is 11.8. The molecule has 0 radical (unpaired) electrons. The molecular weight excluding hydrogens is 514 g/mol. The zero-order chi connectivity index (χ0) is 24.6. The molecule has 1 aliphatic carbocycles. The summed E-state index contributed by atoms with van der Waals surface area (Å²) in [5.74, 6) is -0.228. The van der Waals surface area contributed by atoms with E-state index in [1.165, 1.54) is 4.88 Å². The molecule has 1 unspecified atom stereocenters. The number of rotatable bonds is 4. The number of anilines is 1. The summed E-state index contributed by atoms with van der Waals surface area (Å²) >= 11 is 4.96. The van der Waals surface area contributed by atoms with Crippen molar-refractivity contribution in [1.82, 2.24) is 4.90 Å². The molecule has 1 aromatic heterocycles. The van der Waals surface area contributed by atoms with Crippen LogP contribution in [0.4, 0.5) is 5.00 Å². The zero-order valence-electron chi connectivity index (χ0n) is 19.9. The minimum atomic E-state index is -0.296. The van der Waals surface area contributed by atoms with Crippen molar-refractivity contribution in [1.29, 1.82) is 0 Å². The quantitative estimate of drug-likeness (QED) is 0.549. The maximum atomic E-state index is 13.7. The summed E-state index contributed by atoms with van der Waals surface area (Å²) in [5.41, 5.74) is 7.91. The lowest BCUT2D eigenvalue weighted by molar-refractivity contribution is -0.123. The number of hydrogen-bond donors (Lipinski definition) is 2. The molecule has 1 aliphatic heterocycles. The molecule has 3 N–H and O–H groups in total. The molecule has 1 atom stereocenters. The van der Waals surface area contributed by atoms with Gasteiger partial charge >= 0.3 is 0 Å². The first-order valence-corrected chi connectivity index (χ1v) is 13.5. The van der Waals surface area contributed by atoms with Gasteiger partial charge in [-0.2, -0.15) is 0 Å². The van der Waals surface area contributed by atoms with Crippen LogP contribution in [0.3, 0.4) is 0 Å². The fourth-order valence-electron chi connectivity index (χ4n) is 4.97. The van der Waals surface area contributed by atoms with E-state index in [0.29, 0.717) is 48.0 Å². The number of primary amides is 1. The number of nitrogens with one attached hydrogen (secondary N) is 1. The van der Waals surface area contributed by atoms with E-state index in [1.54, 1.807) is 23.5 Å². The number of nitrogens with zero attached hydrogens (tertiary/aromatic N) is 1. The topological polar surface area (TPSA) is 92.5 Å². The van der Waals surface area contributed by atoms with Crippen molar-refractivity contribution < 1.29 is 14.4 Å². The van der Waals surface area contributed by atoms with Crippen molar-refractivity contribution in [2.24, 2.45) is 23.0 Å². The number of nitrogens with two attached hydrogens (primary N) is 1. The van der Waals surface area contributed by atoms with Crippen LogP contribution in [0.5, 0.6) is 0 Å². The Labute approximate surface area is 213 Å². The van der Waals surface area contributed by atoms with Gasteiger partial charge in [0.1, 0.15) is 5.00 Å². The lowest BCUT2D eigenvalue weighted by atomic mass is 9.72. The standard InChI is InChI=1S/C26H32BrN3O3S/c1-26(2,3)17-7-8-19-20(14-17)34-24(29-23(32)16-5-4-6-18(27)13-16)21(19)25(33)30-11-9-15(10-12-30)22(28)31/h4-6,13,15,17H,7-12,14H2,1-3H3,(H2,28,31)(H,29,32). The lowest BCUT2D eigenvalue weighted by Gasteiger charge is -2.34. The molecule has 2 heterocycles. The van der Waals surface area contributed by atoms with E-state index in [4.69, 9.17) is 5.73 Å². The molecule has 34 heavy (non-hydrogen) atoms. The van der Waals surface area contributed by atoms with E-state index in [0.717, 1.165) is 29.3 Å². The van der Waals surface area contributed by atoms with Crippen molar-refractivity contribution in [3.8, 4) is 0 Å². The van der Waals surface area contributed by atoms with Crippen LogP contribution in [0, 0.1) is 17.3 Å². The fraction of sp³-hybridized carbons (Fsp3) is 0.500. The SMILES string of the molecule is CC(C)(C)C1CCc2c(sc(NC(=O)c3cccc(Br)c3)c2C(=O)N2CCC(C(N)=O)CC2)C1.